The number of rotatable bonds is 0. The summed E-state index contributed by atoms with van der Waals surface area (Å²) < 4.78 is 1.94. The summed E-state index contributed by atoms with van der Waals surface area (Å²) in [5, 5.41) is 9.14. The summed E-state index contributed by atoms with van der Waals surface area (Å²) in [5.74, 6) is 0.748. The molecule has 0 aliphatic carbocycles. The van der Waals surface area contributed by atoms with Crippen LogP contribution in [0.25, 0.3) is 5.69 Å². The second-order valence-corrected chi connectivity index (χ2v) is 3.98. The van der Waals surface area contributed by atoms with Crippen molar-refractivity contribution >= 4 is 6.09 Å². The normalized spacial score (nSPS) is 13.8. The summed E-state index contributed by atoms with van der Waals surface area (Å²) >= 11 is 0. The smallest absolute Gasteiger partial charge is 0.408 e. The van der Waals surface area contributed by atoms with Gasteiger partial charge in [-0.2, -0.15) is 0 Å². The highest BCUT2D eigenvalue weighted by atomic mass is 16.4. The molecule has 1 aliphatic heterocycles. The molecule has 86 valence electrons. The summed E-state index contributed by atoms with van der Waals surface area (Å²) in [6.07, 6.45) is 2.63. The third-order valence-corrected chi connectivity index (χ3v) is 2.93. The van der Waals surface area contributed by atoms with E-state index in [2.05, 4.69) is 4.98 Å². The Morgan fingerprint density at radius 1 is 1.29 bits per heavy atom. The van der Waals surface area contributed by atoms with Gasteiger partial charge in [-0.05, 0) is 11.6 Å². The number of imidazole rings is 1. The molecule has 5 heteroatoms. The molecule has 0 saturated carbocycles. The third-order valence-electron chi connectivity index (χ3n) is 2.93. The molecule has 0 fully saturated rings. The third kappa shape index (κ3) is 1.56. The fourth-order valence-corrected chi connectivity index (χ4v) is 2.12. The Hall–Kier alpha value is -2.30. The van der Waals surface area contributed by atoms with Crippen LogP contribution in [0.15, 0.2) is 36.7 Å². The van der Waals surface area contributed by atoms with E-state index in [4.69, 9.17) is 5.11 Å². The van der Waals surface area contributed by atoms with Gasteiger partial charge in [-0.25, -0.2) is 9.78 Å². The van der Waals surface area contributed by atoms with E-state index in [0.29, 0.717) is 13.1 Å². The standard InChI is InChI=1S/C12H11N3O2/c16-12(17)14-7-9-3-1-2-4-10(9)15-6-5-13-11(15)8-14/h1-6H,7-8H2,(H,16,17). The average Bonchev–Trinajstić information content (AvgIpc) is 2.71. The van der Waals surface area contributed by atoms with Crippen molar-refractivity contribution in [2.45, 2.75) is 13.1 Å². The Morgan fingerprint density at radius 3 is 2.94 bits per heavy atom. The highest BCUT2D eigenvalue weighted by Crippen LogP contribution is 2.23. The van der Waals surface area contributed by atoms with Crippen LogP contribution in [0.5, 0.6) is 0 Å². The van der Waals surface area contributed by atoms with Crippen molar-refractivity contribution in [1.82, 2.24) is 14.5 Å². The maximum Gasteiger partial charge on any atom is 0.408 e. The van der Waals surface area contributed by atoms with Crippen LogP contribution in [0.4, 0.5) is 4.79 Å². The molecule has 0 unspecified atom stereocenters. The summed E-state index contributed by atoms with van der Waals surface area (Å²) in [5.41, 5.74) is 2.00. The van der Waals surface area contributed by atoms with E-state index in [-0.39, 0.29) is 0 Å². The number of amides is 1. The molecule has 5 nitrogen and oxygen atoms in total. The molecule has 1 aromatic heterocycles. The van der Waals surface area contributed by atoms with Crippen molar-refractivity contribution < 1.29 is 9.90 Å². The van der Waals surface area contributed by atoms with Crippen molar-refractivity contribution in [2.24, 2.45) is 0 Å². The number of carboxylic acid groups (broad SMARTS) is 1. The quantitative estimate of drug-likeness (QED) is 0.750. The highest BCUT2D eigenvalue weighted by Gasteiger charge is 2.22. The van der Waals surface area contributed by atoms with E-state index in [0.717, 1.165) is 17.1 Å². The van der Waals surface area contributed by atoms with Gasteiger partial charge in [0.25, 0.3) is 0 Å². The molecular weight excluding hydrogens is 218 g/mol. The zero-order valence-corrected chi connectivity index (χ0v) is 9.08. The molecule has 2 aromatic rings. The maximum atomic E-state index is 11.1. The minimum Gasteiger partial charge on any atom is -0.465 e. The molecule has 2 heterocycles. The lowest BCUT2D eigenvalue weighted by molar-refractivity contribution is 0.139. The molecule has 3 rings (SSSR count). The van der Waals surface area contributed by atoms with Crippen molar-refractivity contribution in [2.75, 3.05) is 0 Å². The van der Waals surface area contributed by atoms with Gasteiger partial charge in [-0.1, -0.05) is 18.2 Å². The van der Waals surface area contributed by atoms with Gasteiger partial charge in [-0.3, -0.25) is 4.90 Å². The van der Waals surface area contributed by atoms with Crippen LogP contribution in [-0.4, -0.2) is 25.7 Å². The molecule has 1 aliphatic rings. The predicted molar refractivity (Wildman–Crippen MR) is 60.8 cm³/mol. The summed E-state index contributed by atoms with van der Waals surface area (Å²) in [6.45, 7) is 0.714. The van der Waals surface area contributed by atoms with Crippen LogP contribution < -0.4 is 0 Å². The number of fused-ring (bicyclic) bond motifs is 3. The second kappa shape index (κ2) is 3.62. The van der Waals surface area contributed by atoms with Gasteiger partial charge in [0.15, 0.2) is 0 Å². The van der Waals surface area contributed by atoms with Crippen LogP contribution in [0.3, 0.4) is 0 Å². The lowest BCUT2D eigenvalue weighted by Crippen LogP contribution is -2.27. The Morgan fingerprint density at radius 2 is 2.12 bits per heavy atom. The van der Waals surface area contributed by atoms with Crippen molar-refractivity contribution in [3.8, 4) is 5.69 Å². The Labute approximate surface area is 97.9 Å². The van der Waals surface area contributed by atoms with Gasteiger partial charge in [0, 0.05) is 12.4 Å². The minimum absolute atomic E-state index is 0.316. The van der Waals surface area contributed by atoms with Crippen LogP contribution in [0, 0.1) is 0 Å². The number of hydrogen-bond acceptors (Lipinski definition) is 2. The highest BCUT2D eigenvalue weighted by molar-refractivity contribution is 5.65. The lowest BCUT2D eigenvalue weighted by Gasteiger charge is -2.15. The molecule has 0 saturated heterocycles. The topological polar surface area (TPSA) is 58.4 Å². The Balaban J connectivity index is 2.18. The van der Waals surface area contributed by atoms with Crippen molar-refractivity contribution in [1.29, 1.82) is 0 Å². The first-order chi connectivity index (χ1) is 8.25. The maximum absolute atomic E-state index is 11.1. The van der Waals surface area contributed by atoms with Gasteiger partial charge < -0.3 is 9.67 Å². The Kier molecular flexibility index (Phi) is 2.11. The fraction of sp³-hybridized carbons (Fsp3) is 0.167. The molecule has 17 heavy (non-hydrogen) atoms. The van der Waals surface area contributed by atoms with E-state index in [1.54, 1.807) is 6.20 Å². The first-order valence-electron chi connectivity index (χ1n) is 5.34. The number of carbonyl (C=O) groups is 1. The molecule has 1 N–H and O–H groups in total. The molecule has 1 aromatic carbocycles. The number of hydrogen-bond donors (Lipinski definition) is 1. The zero-order valence-electron chi connectivity index (χ0n) is 9.08. The van der Waals surface area contributed by atoms with Crippen LogP contribution >= 0.6 is 0 Å². The largest absolute Gasteiger partial charge is 0.465 e. The SMILES string of the molecule is O=C(O)N1Cc2ccccc2-n2ccnc2C1. The minimum atomic E-state index is -0.920. The average molecular weight is 229 g/mol. The molecule has 0 radical (unpaired) electrons. The number of nitrogens with zero attached hydrogens (tertiary/aromatic N) is 3. The molecular formula is C12H11N3O2. The van der Waals surface area contributed by atoms with Gasteiger partial charge in [0.1, 0.15) is 5.82 Å². The van der Waals surface area contributed by atoms with E-state index >= 15 is 0 Å². The molecule has 0 bridgehead atoms. The van der Waals surface area contributed by atoms with Gasteiger partial charge >= 0.3 is 6.09 Å². The second-order valence-electron chi connectivity index (χ2n) is 3.98. The van der Waals surface area contributed by atoms with Gasteiger partial charge in [0.2, 0.25) is 0 Å². The number of para-hydroxylation sites is 1. The van der Waals surface area contributed by atoms with Crippen LogP contribution in [0.2, 0.25) is 0 Å². The van der Waals surface area contributed by atoms with E-state index < -0.39 is 6.09 Å². The fourth-order valence-electron chi connectivity index (χ4n) is 2.12. The first-order valence-corrected chi connectivity index (χ1v) is 5.34. The Bertz CT molecular complexity index is 577. The van der Waals surface area contributed by atoms with E-state index in [9.17, 15) is 4.79 Å². The lowest BCUT2D eigenvalue weighted by atomic mass is 10.1. The zero-order chi connectivity index (χ0) is 11.8. The van der Waals surface area contributed by atoms with E-state index in [1.807, 2.05) is 35.0 Å². The van der Waals surface area contributed by atoms with Crippen LogP contribution in [0.1, 0.15) is 11.4 Å². The number of aromatic nitrogens is 2. The molecule has 0 atom stereocenters. The monoisotopic (exact) mass is 229 g/mol. The van der Waals surface area contributed by atoms with Crippen molar-refractivity contribution in [3.63, 3.8) is 0 Å². The summed E-state index contributed by atoms with van der Waals surface area (Å²) in [6, 6.07) is 7.78. The van der Waals surface area contributed by atoms with Gasteiger partial charge in [-0.15, -0.1) is 0 Å². The summed E-state index contributed by atoms with van der Waals surface area (Å²) in [4.78, 5) is 16.7. The van der Waals surface area contributed by atoms with E-state index in [1.165, 1.54) is 4.90 Å². The predicted octanol–water partition coefficient (Wildman–Crippen LogP) is 1.87. The number of benzene rings is 1. The van der Waals surface area contributed by atoms with Gasteiger partial charge in [0.05, 0.1) is 18.8 Å². The molecule has 0 spiro atoms. The first kappa shape index (κ1) is 9.89. The van der Waals surface area contributed by atoms with Crippen molar-refractivity contribution in [3.05, 3.63) is 48.0 Å². The van der Waals surface area contributed by atoms with Crippen LogP contribution in [-0.2, 0) is 13.1 Å². The molecule has 1 amide bonds. The summed E-state index contributed by atoms with van der Waals surface area (Å²) in [7, 11) is 0.